The van der Waals surface area contributed by atoms with Crippen molar-refractivity contribution in [2.75, 3.05) is 0 Å². The van der Waals surface area contributed by atoms with Crippen molar-refractivity contribution in [1.82, 2.24) is 4.98 Å². The van der Waals surface area contributed by atoms with Crippen molar-refractivity contribution in [2.24, 2.45) is 0 Å². The minimum absolute atomic E-state index is 0.0888. The SMILES string of the molecule is O=c1[nH]c2ccsc2c(=O)c2cc3ccccc3cc12. The van der Waals surface area contributed by atoms with Crippen molar-refractivity contribution in [1.29, 1.82) is 0 Å². The van der Waals surface area contributed by atoms with Crippen molar-refractivity contribution in [3.8, 4) is 0 Å². The van der Waals surface area contributed by atoms with E-state index in [9.17, 15) is 9.59 Å². The lowest BCUT2D eigenvalue weighted by Crippen LogP contribution is -2.03. The van der Waals surface area contributed by atoms with Gasteiger partial charge in [-0.1, -0.05) is 24.3 Å². The second-order valence-electron chi connectivity index (χ2n) is 4.69. The van der Waals surface area contributed by atoms with E-state index in [4.69, 9.17) is 0 Å². The van der Waals surface area contributed by atoms with Gasteiger partial charge in [0.15, 0.2) is 0 Å². The van der Waals surface area contributed by atoms with Crippen molar-refractivity contribution >= 4 is 43.1 Å². The molecular weight excluding hydrogens is 270 g/mol. The molecule has 0 spiro atoms. The number of H-pyrrole nitrogens is 1. The number of hydrogen-bond acceptors (Lipinski definition) is 3. The van der Waals surface area contributed by atoms with Gasteiger partial charge < -0.3 is 4.98 Å². The Kier molecular flexibility index (Phi) is 2.28. The van der Waals surface area contributed by atoms with Gasteiger partial charge in [0, 0.05) is 5.39 Å². The second-order valence-corrected chi connectivity index (χ2v) is 5.61. The van der Waals surface area contributed by atoms with E-state index in [-0.39, 0.29) is 11.0 Å². The Morgan fingerprint density at radius 2 is 1.60 bits per heavy atom. The molecule has 2 heterocycles. The summed E-state index contributed by atoms with van der Waals surface area (Å²) in [5, 5.41) is 4.65. The summed E-state index contributed by atoms with van der Waals surface area (Å²) >= 11 is 1.35. The highest BCUT2D eigenvalue weighted by molar-refractivity contribution is 7.17. The molecule has 4 heteroatoms. The zero-order valence-electron chi connectivity index (χ0n) is 10.3. The highest BCUT2D eigenvalue weighted by atomic mass is 32.1. The molecule has 0 bridgehead atoms. The van der Waals surface area contributed by atoms with Crippen LogP contribution in [0.15, 0.2) is 57.4 Å². The molecular formula is C16H9NO2S. The van der Waals surface area contributed by atoms with Gasteiger partial charge in [-0.25, -0.2) is 0 Å². The fraction of sp³-hybridized carbons (Fsp3) is 0. The predicted molar refractivity (Wildman–Crippen MR) is 83.7 cm³/mol. The lowest BCUT2D eigenvalue weighted by molar-refractivity contribution is 1.36. The van der Waals surface area contributed by atoms with Crippen molar-refractivity contribution in [2.45, 2.75) is 0 Å². The number of aromatic amines is 1. The summed E-state index contributed by atoms with van der Waals surface area (Å²) in [6.45, 7) is 0. The fourth-order valence-electron chi connectivity index (χ4n) is 2.51. The van der Waals surface area contributed by atoms with Crippen LogP contribution in [0, 0.1) is 0 Å². The molecule has 1 N–H and O–H groups in total. The standard InChI is InChI=1S/C16H9NO2S/c18-14-11-7-9-3-1-2-4-10(9)8-12(11)16(19)17-13-5-6-20-15(13)14/h1-8H,(H,17,19). The Morgan fingerprint density at radius 3 is 2.35 bits per heavy atom. The second kappa shape index (κ2) is 4.02. The number of thiophene rings is 1. The van der Waals surface area contributed by atoms with Crippen molar-refractivity contribution in [3.63, 3.8) is 0 Å². The van der Waals surface area contributed by atoms with Crippen LogP contribution in [-0.2, 0) is 0 Å². The van der Waals surface area contributed by atoms with E-state index in [1.54, 1.807) is 18.2 Å². The quantitative estimate of drug-likeness (QED) is 0.537. The molecule has 0 saturated carbocycles. The van der Waals surface area contributed by atoms with Crippen LogP contribution in [0.4, 0.5) is 0 Å². The fourth-order valence-corrected chi connectivity index (χ4v) is 3.31. The van der Waals surface area contributed by atoms with Crippen LogP contribution in [0.1, 0.15) is 0 Å². The number of rotatable bonds is 0. The monoisotopic (exact) mass is 279 g/mol. The zero-order valence-corrected chi connectivity index (χ0v) is 11.2. The first-order valence-electron chi connectivity index (χ1n) is 6.20. The molecule has 0 aliphatic heterocycles. The van der Waals surface area contributed by atoms with E-state index in [2.05, 4.69) is 4.98 Å². The van der Waals surface area contributed by atoms with Crippen LogP contribution in [0.3, 0.4) is 0 Å². The first-order valence-corrected chi connectivity index (χ1v) is 7.08. The summed E-state index contributed by atoms with van der Waals surface area (Å²) in [5.41, 5.74) is 0.288. The topological polar surface area (TPSA) is 49.9 Å². The van der Waals surface area contributed by atoms with Crippen LogP contribution in [0.5, 0.6) is 0 Å². The van der Waals surface area contributed by atoms with E-state index in [0.717, 1.165) is 10.8 Å². The normalized spacial score (nSPS) is 11.4. The van der Waals surface area contributed by atoms with Gasteiger partial charge in [-0.3, -0.25) is 9.59 Å². The molecule has 0 aliphatic carbocycles. The maximum atomic E-state index is 12.6. The van der Waals surface area contributed by atoms with Gasteiger partial charge >= 0.3 is 0 Å². The summed E-state index contributed by atoms with van der Waals surface area (Å²) in [4.78, 5) is 27.7. The van der Waals surface area contributed by atoms with Gasteiger partial charge in [0.25, 0.3) is 5.56 Å². The summed E-state index contributed by atoms with van der Waals surface area (Å²) in [7, 11) is 0. The highest BCUT2D eigenvalue weighted by Crippen LogP contribution is 2.20. The van der Waals surface area contributed by atoms with Gasteiger partial charge in [0.05, 0.1) is 15.6 Å². The third kappa shape index (κ3) is 1.52. The summed E-state index contributed by atoms with van der Waals surface area (Å²) in [6.07, 6.45) is 0. The average molecular weight is 279 g/mol. The van der Waals surface area contributed by atoms with E-state index in [1.807, 2.05) is 29.6 Å². The Morgan fingerprint density at radius 1 is 0.900 bits per heavy atom. The largest absolute Gasteiger partial charge is 0.321 e. The lowest BCUT2D eigenvalue weighted by atomic mass is 10.1. The molecule has 2 aromatic carbocycles. The Hall–Kier alpha value is -2.46. The molecule has 0 unspecified atom stereocenters. The number of nitrogens with one attached hydrogen (secondary N) is 1. The molecule has 0 atom stereocenters. The number of benzene rings is 2. The smallest absolute Gasteiger partial charge is 0.256 e. The molecule has 0 saturated heterocycles. The Labute approximate surface area is 117 Å². The first-order chi connectivity index (χ1) is 9.74. The van der Waals surface area contributed by atoms with E-state index in [1.165, 1.54) is 11.3 Å². The third-order valence-electron chi connectivity index (χ3n) is 3.49. The van der Waals surface area contributed by atoms with E-state index < -0.39 is 0 Å². The molecule has 2 aromatic heterocycles. The summed E-state index contributed by atoms with van der Waals surface area (Å²) < 4.78 is 0.590. The summed E-state index contributed by atoms with van der Waals surface area (Å²) in [6, 6.07) is 13.1. The average Bonchev–Trinajstić information content (AvgIpc) is 2.89. The Bertz CT molecular complexity index is 1090. The van der Waals surface area contributed by atoms with E-state index >= 15 is 0 Å². The van der Waals surface area contributed by atoms with Crippen molar-refractivity contribution in [3.05, 3.63) is 68.4 Å². The van der Waals surface area contributed by atoms with Crippen LogP contribution in [0.2, 0.25) is 0 Å². The van der Waals surface area contributed by atoms with Gasteiger partial charge in [0.1, 0.15) is 0 Å². The maximum Gasteiger partial charge on any atom is 0.256 e. The first kappa shape index (κ1) is 11.4. The van der Waals surface area contributed by atoms with E-state index in [0.29, 0.717) is 21.0 Å². The minimum atomic E-state index is -0.226. The molecule has 4 aromatic rings. The highest BCUT2D eigenvalue weighted by Gasteiger charge is 2.08. The van der Waals surface area contributed by atoms with Crippen LogP contribution in [-0.4, -0.2) is 4.98 Å². The molecule has 0 radical (unpaired) electrons. The van der Waals surface area contributed by atoms with Crippen molar-refractivity contribution < 1.29 is 0 Å². The van der Waals surface area contributed by atoms with Gasteiger partial charge in [0.2, 0.25) is 5.43 Å². The predicted octanol–water partition coefficient (Wildman–Crippen LogP) is 3.26. The molecule has 20 heavy (non-hydrogen) atoms. The minimum Gasteiger partial charge on any atom is -0.321 e. The third-order valence-corrected chi connectivity index (χ3v) is 4.41. The Balaban J connectivity index is 2.40. The zero-order chi connectivity index (χ0) is 13.7. The number of aromatic nitrogens is 1. The van der Waals surface area contributed by atoms with Gasteiger partial charge in [-0.15, -0.1) is 11.3 Å². The van der Waals surface area contributed by atoms with Crippen LogP contribution >= 0.6 is 11.3 Å². The molecule has 0 aliphatic rings. The number of fused-ring (bicyclic) bond motifs is 3. The lowest BCUT2D eigenvalue weighted by Gasteiger charge is -1.97. The molecule has 0 fully saturated rings. The van der Waals surface area contributed by atoms with Crippen LogP contribution < -0.4 is 11.0 Å². The number of hydrogen-bond donors (Lipinski definition) is 1. The van der Waals surface area contributed by atoms with Crippen LogP contribution in [0.25, 0.3) is 31.8 Å². The molecule has 3 nitrogen and oxygen atoms in total. The van der Waals surface area contributed by atoms with Gasteiger partial charge in [-0.2, -0.15) is 0 Å². The molecule has 4 rings (SSSR count). The molecule has 96 valence electrons. The van der Waals surface area contributed by atoms with Gasteiger partial charge in [-0.05, 0) is 34.4 Å². The maximum absolute atomic E-state index is 12.6. The summed E-state index contributed by atoms with van der Waals surface area (Å²) in [5.74, 6) is 0. The molecule has 0 amide bonds.